The molecule has 20 heavy (non-hydrogen) atoms. The summed E-state index contributed by atoms with van der Waals surface area (Å²) in [5, 5.41) is 2.90. The predicted molar refractivity (Wildman–Crippen MR) is 78.8 cm³/mol. The number of fused-ring (bicyclic) bond motifs is 1. The molecule has 0 spiro atoms. The Labute approximate surface area is 121 Å². The zero-order valence-corrected chi connectivity index (χ0v) is 11.9. The van der Waals surface area contributed by atoms with Gasteiger partial charge in [-0.3, -0.25) is 4.79 Å². The first kappa shape index (κ1) is 13.3. The van der Waals surface area contributed by atoms with Crippen LogP contribution in [0, 0.1) is 5.82 Å². The first-order valence-electron chi connectivity index (χ1n) is 6.86. The molecule has 0 unspecified atom stereocenters. The van der Waals surface area contributed by atoms with Crippen molar-refractivity contribution >= 4 is 17.2 Å². The van der Waals surface area contributed by atoms with Gasteiger partial charge in [-0.05, 0) is 55.0 Å². The van der Waals surface area contributed by atoms with E-state index in [-0.39, 0.29) is 11.7 Å². The average molecular weight is 289 g/mol. The predicted octanol–water partition coefficient (Wildman–Crippen LogP) is 3.35. The summed E-state index contributed by atoms with van der Waals surface area (Å²) < 4.78 is 13.0. The van der Waals surface area contributed by atoms with Crippen molar-refractivity contribution < 1.29 is 9.18 Å². The molecule has 1 aliphatic carbocycles. The van der Waals surface area contributed by atoms with Gasteiger partial charge in [0.25, 0.3) is 5.91 Å². The molecule has 1 N–H and O–H groups in total. The minimum atomic E-state index is -0.233. The van der Waals surface area contributed by atoms with Crippen LogP contribution >= 0.6 is 11.3 Å². The lowest BCUT2D eigenvalue weighted by atomic mass is 10.1. The lowest BCUT2D eigenvalue weighted by Gasteiger charge is -2.04. The fourth-order valence-electron chi connectivity index (χ4n) is 2.54. The summed E-state index contributed by atoms with van der Waals surface area (Å²) in [6.07, 6.45) is 4.07. The van der Waals surface area contributed by atoms with Gasteiger partial charge in [0, 0.05) is 11.4 Å². The van der Waals surface area contributed by atoms with E-state index in [1.165, 1.54) is 29.0 Å². The molecule has 0 bridgehead atoms. The quantitative estimate of drug-likeness (QED) is 0.919. The highest BCUT2D eigenvalue weighted by Crippen LogP contribution is 2.30. The highest BCUT2D eigenvalue weighted by atomic mass is 32.1. The number of amides is 1. The smallest absolute Gasteiger partial charge is 0.261 e. The summed E-state index contributed by atoms with van der Waals surface area (Å²) in [7, 11) is 0. The van der Waals surface area contributed by atoms with Crippen molar-refractivity contribution in [2.24, 2.45) is 0 Å². The van der Waals surface area contributed by atoms with Crippen LogP contribution in [0.25, 0.3) is 0 Å². The Morgan fingerprint density at radius 3 is 3.00 bits per heavy atom. The number of thiophene rings is 1. The van der Waals surface area contributed by atoms with Gasteiger partial charge in [-0.1, -0.05) is 12.1 Å². The normalized spacial score (nSPS) is 13.2. The Kier molecular flexibility index (Phi) is 3.83. The zero-order valence-electron chi connectivity index (χ0n) is 11.1. The number of benzene rings is 1. The number of carbonyl (C=O) groups excluding carboxylic acids is 1. The molecule has 0 saturated heterocycles. The van der Waals surface area contributed by atoms with Crippen LogP contribution in [0.1, 0.15) is 32.1 Å². The van der Waals surface area contributed by atoms with Gasteiger partial charge < -0.3 is 5.32 Å². The number of hydrogen-bond donors (Lipinski definition) is 1. The fourth-order valence-corrected chi connectivity index (χ4v) is 3.71. The van der Waals surface area contributed by atoms with Crippen LogP contribution in [0.2, 0.25) is 0 Å². The standard InChI is InChI=1S/C16H16FNOS/c17-13-5-1-3-11(9-13)7-8-18-16(19)15-10-12-4-2-6-14(12)20-15/h1,3,5,9-10H,2,4,6-8H2,(H,18,19). The van der Waals surface area contributed by atoms with E-state index >= 15 is 0 Å². The summed E-state index contributed by atoms with van der Waals surface area (Å²) in [4.78, 5) is 14.2. The summed E-state index contributed by atoms with van der Waals surface area (Å²) in [6.45, 7) is 0.533. The molecule has 2 nitrogen and oxygen atoms in total. The van der Waals surface area contributed by atoms with Gasteiger partial charge in [0.15, 0.2) is 0 Å². The van der Waals surface area contributed by atoms with Gasteiger partial charge >= 0.3 is 0 Å². The Balaban J connectivity index is 1.54. The van der Waals surface area contributed by atoms with Crippen LogP contribution in [-0.4, -0.2) is 12.5 Å². The molecule has 104 valence electrons. The van der Waals surface area contributed by atoms with Crippen LogP contribution in [-0.2, 0) is 19.3 Å². The highest BCUT2D eigenvalue weighted by molar-refractivity contribution is 7.14. The molecule has 0 fully saturated rings. The van der Waals surface area contributed by atoms with Crippen molar-refractivity contribution in [2.45, 2.75) is 25.7 Å². The van der Waals surface area contributed by atoms with Gasteiger partial charge in [-0.15, -0.1) is 11.3 Å². The molecule has 4 heteroatoms. The van der Waals surface area contributed by atoms with E-state index in [4.69, 9.17) is 0 Å². The summed E-state index contributed by atoms with van der Waals surface area (Å²) in [5.74, 6) is -0.246. The molecule has 3 rings (SSSR count). The van der Waals surface area contributed by atoms with Crippen LogP contribution in [0.5, 0.6) is 0 Å². The number of carbonyl (C=O) groups is 1. The van der Waals surface area contributed by atoms with E-state index in [9.17, 15) is 9.18 Å². The fraction of sp³-hybridized carbons (Fsp3) is 0.312. The molecule has 0 atom stereocenters. The van der Waals surface area contributed by atoms with Gasteiger partial charge in [0.2, 0.25) is 0 Å². The second-order valence-electron chi connectivity index (χ2n) is 5.05. The molecule has 1 aromatic heterocycles. The average Bonchev–Trinajstić information content (AvgIpc) is 2.99. The van der Waals surface area contributed by atoms with E-state index in [0.717, 1.165) is 23.3 Å². The summed E-state index contributed by atoms with van der Waals surface area (Å²) >= 11 is 1.61. The number of aryl methyl sites for hydroxylation is 2. The Morgan fingerprint density at radius 2 is 2.20 bits per heavy atom. The maximum atomic E-state index is 13.0. The lowest BCUT2D eigenvalue weighted by molar-refractivity contribution is 0.0958. The van der Waals surface area contributed by atoms with Crippen molar-refractivity contribution in [2.75, 3.05) is 6.54 Å². The molecule has 0 saturated carbocycles. The minimum absolute atomic E-state index is 0.0131. The molecule has 0 aliphatic heterocycles. The van der Waals surface area contributed by atoms with E-state index in [1.807, 2.05) is 12.1 Å². The van der Waals surface area contributed by atoms with Gasteiger partial charge in [0.1, 0.15) is 5.82 Å². The maximum Gasteiger partial charge on any atom is 0.261 e. The molecule has 1 aliphatic rings. The number of hydrogen-bond acceptors (Lipinski definition) is 2. The van der Waals surface area contributed by atoms with E-state index < -0.39 is 0 Å². The van der Waals surface area contributed by atoms with Crippen molar-refractivity contribution in [1.29, 1.82) is 0 Å². The zero-order chi connectivity index (χ0) is 13.9. The Morgan fingerprint density at radius 1 is 1.30 bits per heavy atom. The minimum Gasteiger partial charge on any atom is -0.351 e. The first-order valence-corrected chi connectivity index (χ1v) is 7.68. The molecule has 2 aromatic rings. The second-order valence-corrected chi connectivity index (χ2v) is 6.19. The van der Waals surface area contributed by atoms with E-state index in [1.54, 1.807) is 17.4 Å². The first-order chi connectivity index (χ1) is 9.72. The molecule has 1 amide bonds. The topological polar surface area (TPSA) is 29.1 Å². The third-order valence-electron chi connectivity index (χ3n) is 3.56. The Bertz CT molecular complexity index is 614. The van der Waals surface area contributed by atoms with Crippen molar-refractivity contribution in [3.05, 3.63) is 57.0 Å². The summed E-state index contributed by atoms with van der Waals surface area (Å²) in [5.41, 5.74) is 2.24. The van der Waals surface area contributed by atoms with Crippen LogP contribution in [0.4, 0.5) is 4.39 Å². The van der Waals surface area contributed by atoms with Crippen LogP contribution in [0.3, 0.4) is 0 Å². The van der Waals surface area contributed by atoms with Gasteiger partial charge in [-0.2, -0.15) is 0 Å². The molecule has 1 heterocycles. The van der Waals surface area contributed by atoms with Gasteiger partial charge in [-0.25, -0.2) is 4.39 Å². The van der Waals surface area contributed by atoms with Crippen LogP contribution in [0.15, 0.2) is 30.3 Å². The van der Waals surface area contributed by atoms with Gasteiger partial charge in [0.05, 0.1) is 4.88 Å². The van der Waals surface area contributed by atoms with Crippen molar-refractivity contribution in [3.8, 4) is 0 Å². The number of nitrogens with one attached hydrogen (secondary N) is 1. The largest absolute Gasteiger partial charge is 0.351 e. The summed E-state index contributed by atoms with van der Waals surface area (Å²) in [6, 6.07) is 8.51. The molecular weight excluding hydrogens is 273 g/mol. The highest BCUT2D eigenvalue weighted by Gasteiger charge is 2.18. The van der Waals surface area contributed by atoms with Crippen molar-refractivity contribution in [1.82, 2.24) is 5.32 Å². The number of rotatable bonds is 4. The second kappa shape index (κ2) is 5.75. The SMILES string of the molecule is O=C(NCCc1cccc(F)c1)c1cc2c(s1)CCC2. The van der Waals surface area contributed by atoms with E-state index in [2.05, 4.69) is 5.32 Å². The monoisotopic (exact) mass is 289 g/mol. The van der Waals surface area contributed by atoms with Crippen molar-refractivity contribution in [3.63, 3.8) is 0 Å². The third-order valence-corrected chi connectivity index (χ3v) is 4.79. The van der Waals surface area contributed by atoms with Crippen LogP contribution < -0.4 is 5.32 Å². The molecule has 1 aromatic carbocycles. The Hall–Kier alpha value is -1.68. The maximum absolute atomic E-state index is 13.0. The number of halogens is 1. The van der Waals surface area contributed by atoms with E-state index in [0.29, 0.717) is 13.0 Å². The molecular formula is C16H16FNOS. The molecule has 0 radical (unpaired) electrons. The third kappa shape index (κ3) is 2.90. The lowest BCUT2D eigenvalue weighted by Crippen LogP contribution is -2.24.